The van der Waals surface area contributed by atoms with Crippen LogP contribution in [0.25, 0.3) is 0 Å². The zero-order chi connectivity index (χ0) is 18.4. The molecule has 2 N–H and O–H groups in total. The molecular formula is C21H25N3O2. The van der Waals surface area contributed by atoms with Crippen LogP contribution in [0.5, 0.6) is 0 Å². The molecule has 0 atom stereocenters. The van der Waals surface area contributed by atoms with E-state index >= 15 is 0 Å². The molecule has 0 unspecified atom stereocenters. The number of carbonyl (C=O) groups excluding carboxylic acids is 2. The zero-order valence-corrected chi connectivity index (χ0v) is 15.1. The lowest BCUT2D eigenvalue weighted by Crippen LogP contribution is -2.36. The van der Waals surface area contributed by atoms with E-state index in [2.05, 4.69) is 10.6 Å². The first-order valence-corrected chi connectivity index (χ1v) is 9.10. The summed E-state index contributed by atoms with van der Waals surface area (Å²) in [6.07, 6.45) is 4.81. The maximum absolute atomic E-state index is 12.4. The van der Waals surface area contributed by atoms with E-state index in [9.17, 15) is 9.59 Å². The SMILES string of the molecule is CN(C(=O)Cc1ccc(NC(=O)NC2CCCC2)cc1)c1ccccc1. The molecule has 0 radical (unpaired) electrons. The summed E-state index contributed by atoms with van der Waals surface area (Å²) in [6, 6.07) is 17.1. The zero-order valence-electron chi connectivity index (χ0n) is 15.1. The molecule has 3 rings (SSSR count). The minimum atomic E-state index is -0.162. The average Bonchev–Trinajstić information content (AvgIpc) is 3.16. The monoisotopic (exact) mass is 351 g/mol. The van der Waals surface area contributed by atoms with Crippen molar-refractivity contribution in [3.63, 3.8) is 0 Å². The number of carbonyl (C=O) groups is 2. The van der Waals surface area contributed by atoms with Gasteiger partial charge in [-0.3, -0.25) is 4.79 Å². The number of hydrogen-bond acceptors (Lipinski definition) is 2. The van der Waals surface area contributed by atoms with Gasteiger partial charge in [0, 0.05) is 24.5 Å². The van der Waals surface area contributed by atoms with Gasteiger partial charge in [-0.2, -0.15) is 0 Å². The largest absolute Gasteiger partial charge is 0.335 e. The number of likely N-dealkylation sites (N-methyl/N-ethyl adjacent to an activating group) is 1. The predicted molar refractivity (Wildman–Crippen MR) is 104 cm³/mol. The van der Waals surface area contributed by atoms with Gasteiger partial charge in [-0.1, -0.05) is 43.2 Å². The quantitative estimate of drug-likeness (QED) is 0.857. The fourth-order valence-corrected chi connectivity index (χ4v) is 3.22. The number of anilines is 2. The second-order valence-electron chi connectivity index (χ2n) is 6.74. The fraction of sp³-hybridized carbons (Fsp3) is 0.333. The van der Waals surface area contributed by atoms with Crippen molar-refractivity contribution in [3.05, 3.63) is 60.2 Å². The Labute approximate surface area is 154 Å². The van der Waals surface area contributed by atoms with Gasteiger partial charge in [0.2, 0.25) is 5.91 Å². The summed E-state index contributed by atoms with van der Waals surface area (Å²) in [5, 5.41) is 5.85. The van der Waals surface area contributed by atoms with E-state index < -0.39 is 0 Å². The summed E-state index contributed by atoms with van der Waals surface area (Å²) < 4.78 is 0. The highest BCUT2D eigenvalue weighted by molar-refractivity contribution is 5.94. The average molecular weight is 351 g/mol. The number of benzene rings is 2. The van der Waals surface area contributed by atoms with Gasteiger partial charge in [0.25, 0.3) is 0 Å². The van der Waals surface area contributed by atoms with Crippen LogP contribution < -0.4 is 15.5 Å². The molecule has 1 aliphatic carbocycles. The van der Waals surface area contributed by atoms with Crippen molar-refractivity contribution < 1.29 is 9.59 Å². The Hall–Kier alpha value is -2.82. The Morgan fingerprint density at radius 1 is 1.00 bits per heavy atom. The number of amides is 3. The van der Waals surface area contributed by atoms with Crippen LogP contribution >= 0.6 is 0 Å². The number of nitrogens with one attached hydrogen (secondary N) is 2. The molecule has 1 fully saturated rings. The van der Waals surface area contributed by atoms with Crippen molar-refractivity contribution >= 4 is 23.3 Å². The van der Waals surface area contributed by atoms with Crippen LogP contribution in [0.4, 0.5) is 16.2 Å². The molecule has 2 aromatic carbocycles. The van der Waals surface area contributed by atoms with Gasteiger partial charge in [-0.05, 0) is 42.7 Å². The smallest absolute Gasteiger partial charge is 0.319 e. The van der Waals surface area contributed by atoms with Crippen molar-refractivity contribution in [2.24, 2.45) is 0 Å². The molecule has 5 nitrogen and oxygen atoms in total. The van der Waals surface area contributed by atoms with Gasteiger partial charge in [0.1, 0.15) is 0 Å². The van der Waals surface area contributed by atoms with Crippen LogP contribution in [-0.4, -0.2) is 25.0 Å². The molecular weight excluding hydrogens is 326 g/mol. The second-order valence-corrected chi connectivity index (χ2v) is 6.74. The Morgan fingerprint density at radius 3 is 2.31 bits per heavy atom. The summed E-state index contributed by atoms with van der Waals surface area (Å²) >= 11 is 0. The lowest BCUT2D eigenvalue weighted by molar-refractivity contribution is -0.117. The Morgan fingerprint density at radius 2 is 1.65 bits per heavy atom. The molecule has 26 heavy (non-hydrogen) atoms. The van der Waals surface area contributed by atoms with Gasteiger partial charge < -0.3 is 15.5 Å². The number of para-hydroxylation sites is 1. The van der Waals surface area contributed by atoms with Crippen LogP contribution in [-0.2, 0) is 11.2 Å². The minimum Gasteiger partial charge on any atom is -0.335 e. The molecule has 5 heteroatoms. The molecule has 0 aromatic heterocycles. The van der Waals surface area contributed by atoms with Crippen molar-refractivity contribution in [1.82, 2.24) is 5.32 Å². The first kappa shape index (κ1) is 18.0. The second kappa shape index (κ2) is 8.52. The molecule has 136 valence electrons. The maximum Gasteiger partial charge on any atom is 0.319 e. The Bertz CT molecular complexity index is 738. The Kier molecular flexibility index (Phi) is 5.89. The number of nitrogens with zero attached hydrogens (tertiary/aromatic N) is 1. The molecule has 3 amide bonds. The Balaban J connectivity index is 1.52. The summed E-state index contributed by atoms with van der Waals surface area (Å²) in [5.41, 5.74) is 2.52. The van der Waals surface area contributed by atoms with E-state index in [1.807, 2.05) is 54.6 Å². The third-order valence-corrected chi connectivity index (χ3v) is 4.78. The van der Waals surface area contributed by atoms with Crippen molar-refractivity contribution in [1.29, 1.82) is 0 Å². The topological polar surface area (TPSA) is 61.4 Å². The van der Waals surface area contributed by atoms with Crippen molar-refractivity contribution in [2.75, 3.05) is 17.3 Å². The summed E-state index contributed by atoms with van der Waals surface area (Å²) in [5.74, 6) is 0.0240. The third-order valence-electron chi connectivity index (χ3n) is 4.78. The van der Waals surface area contributed by atoms with E-state index in [-0.39, 0.29) is 11.9 Å². The first-order chi connectivity index (χ1) is 12.6. The molecule has 2 aromatic rings. The molecule has 1 aliphatic rings. The van der Waals surface area contributed by atoms with Crippen LogP contribution in [0, 0.1) is 0 Å². The van der Waals surface area contributed by atoms with Crippen LogP contribution in [0.1, 0.15) is 31.2 Å². The van der Waals surface area contributed by atoms with Gasteiger partial charge >= 0.3 is 6.03 Å². The summed E-state index contributed by atoms with van der Waals surface area (Å²) in [4.78, 5) is 26.1. The van der Waals surface area contributed by atoms with E-state index in [4.69, 9.17) is 0 Å². The number of hydrogen-bond donors (Lipinski definition) is 2. The molecule has 0 saturated heterocycles. The van der Waals surface area contributed by atoms with Crippen LogP contribution in [0.3, 0.4) is 0 Å². The minimum absolute atomic E-state index is 0.0240. The normalized spacial score (nSPS) is 14.0. The first-order valence-electron chi connectivity index (χ1n) is 9.10. The van der Waals surface area contributed by atoms with Crippen molar-refractivity contribution in [2.45, 2.75) is 38.1 Å². The number of rotatable bonds is 5. The van der Waals surface area contributed by atoms with Crippen molar-refractivity contribution in [3.8, 4) is 0 Å². The highest BCUT2D eigenvalue weighted by Crippen LogP contribution is 2.18. The van der Waals surface area contributed by atoms with Crippen LogP contribution in [0.2, 0.25) is 0 Å². The van der Waals surface area contributed by atoms with E-state index in [0.717, 1.165) is 29.8 Å². The fourth-order valence-electron chi connectivity index (χ4n) is 3.22. The van der Waals surface area contributed by atoms with Gasteiger partial charge in [-0.25, -0.2) is 4.79 Å². The highest BCUT2D eigenvalue weighted by atomic mass is 16.2. The van der Waals surface area contributed by atoms with Gasteiger partial charge in [0.05, 0.1) is 6.42 Å². The standard InChI is InChI=1S/C21H25N3O2/c1-24(19-9-3-2-4-10-19)20(25)15-16-11-13-18(14-12-16)23-21(26)22-17-7-5-6-8-17/h2-4,9-14,17H,5-8,15H2,1H3,(H2,22,23,26). The van der Waals surface area contributed by atoms with Crippen LogP contribution in [0.15, 0.2) is 54.6 Å². The highest BCUT2D eigenvalue weighted by Gasteiger charge is 2.17. The molecule has 0 bridgehead atoms. The molecule has 1 saturated carbocycles. The molecule has 0 aliphatic heterocycles. The van der Waals surface area contributed by atoms with E-state index in [1.165, 1.54) is 12.8 Å². The summed E-state index contributed by atoms with van der Waals surface area (Å²) in [7, 11) is 1.78. The predicted octanol–water partition coefficient (Wildman–Crippen LogP) is 3.96. The summed E-state index contributed by atoms with van der Waals surface area (Å²) in [6.45, 7) is 0. The lowest BCUT2D eigenvalue weighted by Gasteiger charge is -2.17. The third kappa shape index (κ3) is 4.85. The van der Waals surface area contributed by atoms with E-state index in [1.54, 1.807) is 11.9 Å². The van der Waals surface area contributed by atoms with Gasteiger partial charge in [-0.15, -0.1) is 0 Å². The molecule has 0 heterocycles. The maximum atomic E-state index is 12.4. The molecule has 0 spiro atoms. The number of urea groups is 1. The van der Waals surface area contributed by atoms with E-state index in [0.29, 0.717) is 12.5 Å². The van der Waals surface area contributed by atoms with Gasteiger partial charge in [0.15, 0.2) is 0 Å². The lowest BCUT2D eigenvalue weighted by atomic mass is 10.1.